The van der Waals surface area contributed by atoms with E-state index in [0.29, 0.717) is 19.8 Å². The summed E-state index contributed by atoms with van der Waals surface area (Å²) in [5, 5.41) is 2.81. The number of hydrogen-bond acceptors (Lipinski definition) is 3. The zero-order chi connectivity index (χ0) is 14.8. The van der Waals surface area contributed by atoms with Gasteiger partial charge >= 0.3 is 0 Å². The number of carbonyl (C=O) groups is 1. The van der Waals surface area contributed by atoms with E-state index in [4.69, 9.17) is 9.47 Å². The van der Waals surface area contributed by atoms with Crippen LogP contribution in [0.2, 0.25) is 0 Å². The fourth-order valence-electron chi connectivity index (χ4n) is 1.50. The summed E-state index contributed by atoms with van der Waals surface area (Å²) in [5.74, 6) is -0.0806. The van der Waals surface area contributed by atoms with Gasteiger partial charge < -0.3 is 14.8 Å². The molecule has 0 aliphatic carbocycles. The minimum atomic E-state index is -0.282. The van der Waals surface area contributed by atoms with Gasteiger partial charge in [-0.25, -0.2) is 0 Å². The average Bonchev–Trinajstić information content (AvgIpc) is 2.41. The van der Waals surface area contributed by atoms with Crippen LogP contribution in [0.4, 0.5) is 0 Å². The lowest BCUT2D eigenvalue weighted by molar-refractivity contribution is -0.130. The Bertz CT molecular complexity index is 384. The van der Waals surface area contributed by atoms with Crippen LogP contribution in [0.25, 0.3) is 0 Å². The van der Waals surface area contributed by atoms with E-state index >= 15 is 0 Å². The molecule has 4 nitrogen and oxygen atoms in total. The Kier molecular flexibility index (Phi) is 7.26. The quantitative estimate of drug-likeness (QED) is 0.744. The molecule has 20 heavy (non-hydrogen) atoms. The SMILES string of the molecule is CC(C)(C)OCC(=O)NCCCOCc1ccccc1. The summed E-state index contributed by atoms with van der Waals surface area (Å²) >= 11 is 0. The Morgan fingerprint density at radius 3 is 2.55 bits per heavy atom. The first-order valence-corrected chi connectivity index (χ1v) is 7.00. The first-order valence-electron chi connectivity index (χ1n) is 7.00. The van der Waals surface area contributed by atoms with Gasteiger partial charge in [0.1, 0.15) is 6.61 Å². The molecule has 0 aliphatic heterocycles. The highest BCUT2D eigenvalue weighted by Crippen LogP contribution is 2.05. The predicted octanol–water partition coefficient (Wildman–Crippen LogP) is 2.52. The van der Waals surface area contributed by atoms with Gasteiger partial charge in [-0.05, 0) is 32.8 Å². The number of benzene rings is 1. The summed E-state index contributed by atoms with van der Waals surface area (Å²) < 4.78 is 10.9. The molecule has 0 spiro atoms. The van der Waals surface area contributed by atoms with Crippen molar-refractivity contribution in [1.82, 2.24) is 5.32 Å². The molecule has 0 saturated heterocycles. The van der Waals surface area contributed by atoms with E-state index in [1.807, 2.05) is 51.1 Å². The summed E-state index contributed by atoms with van der Waals surface area (Å²) in [7, 11) is 0. The minimum absolute atomic E-state index is 0.0806. The third kappa shape index (κ3) is 8.67. The number of carbonyl (C=O) groups excluding carboxylic acids is 1. The molecular weight excluding hydrogens is 254 g/mol. The topological polar surface area (TPSA) is 47.6 Å². The number of amides is 1. The molecule has 112 valence electrons. The van der Waals surface area contributed by atoms with Crippen molar-refractivity contribution in [3.8, 4) is 0 Å². The van der Waals surface area contributed by atoms with Gasteiger partial charge in [-0.15, -0.1) is 0 Å². The van der Waals surface area contributed by atoms with Crippen molar-refractivity contribution >= 4 is 5.91 Å². The normalized spacial score (nSPS) is 11.3. The molecule has 1 aromatic carbocycles. The minimum Gasteiger partial charge on any atom is -0.377 e. The largest absolute Gasteiger partial charge is 0.377 e. The van der Waals surface area contributed by atoms with E-state index in [1.165, 1.54) is 0 Å². The van der Waals surface area contributed by atoms with Gasteiger partial charge in [0.05, 0.1) is 12.2 Å². The molecule has 0 bridgehead atoms. The molecule has 0 saturated carbocycles. The maximum Gasteiger partial charge on any atom is 0.246 e. The van der Waals surface area contributed by atoms with Crippen molar-refractivity contribution in [3.05, 3.63) is 35.9 Å². The van der Waals surface area contributed by atoms with Crippen LogP contribution in [0.15, 0.2) is 30.3 Å². The fourth-order valence-corrected chi connectivity index (χ4v) is 1.50. The first kappa shape index (κ1) is 16.7. The van der Waals surface area contributed by atoms with Crippen molar-refractivity contribution in [2.75, 3.05) is 19.8 Å². The fraction of sp³-hybridized carbons (Fsp3) is 0.562. The third-order valence-electron chi connectivity index (χ3n) is 2.54. The Morgan fingerprint density at radius 1 is 1.20 bits per heavy atom. The molecule has 1 aromatic rings. The van der Waals surface area contributed by atoms with E-state index in [-0.39, 0.29) is 18.1 Å². The second-order valence-electron chi connectivity index (χ2n) is 5.64. The Labute approximate surface area is 121 Å². The van der Waals surface area contributed by atoms with Crippen LogP contribution >= 0.6 is 0 Å². The smallest absolute Gasteiger partial charge is 0.246 e. The van der Waals surface area contributed by atoms with Crippen molar-refractivity contribution in [1.29, 1.82) is 0 Å². The summed E-state index contributed by atoms with van der Waals surface area (Å²) in [6.07, 6.45) is 0.800. The lowest BCUT2D eigenvalue weighted by atomic mass is 10.2. The first-order chi connectivity index (χ1) is 9.47. The highest BCUT2D eigenvalue weighted by Gasteiger charge is 2.12. The molecule has 0 aromatic heterocycles. The number of nitrogens with one attached hydrogen (secondary N) is 1. The van der Waals surface area contributed by atoms with Gasteiger partial charge in [-0.1, -0.05) is 30.3 Å². The molecule has 0 fully saturated rings. The van der Waals surface area contributed by atoms with Gasteiger partial charge in [-0.2, -0.15) is 0 Å². The monoisotopic (exact) mass is 279 g/mol. The second kappa shape index (κ2) is 8.72. The lowest BCUT2D eigenvalue weighted by Crippen LogP contribution is -2.32. The van der Waals surface area contributed by atoms with Crippen LogP contribution in [-0.2, 0) is 20.9 Å². The van der Waals surface area contributed by atoms with E-state index in [2.05, 4.69) is 5.32 Å². The van der Waals surface area contributed by atoms with Crippen molar-refractivity contribution in [3.63, 3.8) is 0 Å². The molecule has 4 heteroatoms. The van der Waals surface area contributed by atoms with Crippen molar-refractivity contribution < 1.29 is 14.3 Å². The summed E-state index contributed by atoms with van der Waals surface area (Å²) in [5.41, 5.74) is 0.881. The van der Waals surface area contributed by atoms with Gasteiger partial charge in [0.2, 0.25) is 5.91 Å². The molecule has 0 unspecified atom stereocenters. The molecule has 0 heterocycles. The number of ether oxygens (including phenoxy) is 2. The van der Waals surface area contributed by atoms with Gasteiger partial charge in [0, 0.05) is 13.2 Å². The molecule has 0 aliphatic rings. The highest BCUT2D eigenvalue weighted by molar-refractivity contribution is 5.77. The zero-order valence-electron chi connectivity index (χ0n) is 12.6. The number of rotatable bonds is 8. The average molecular weight is 279 g/mol. The van der Waals surface area contributed by atoms with E-state index in [9.17, 15) is 4.79 Å². The van der Waals surface area contributed by atoms with Crippen molar-refractivity contribution in [2.45, 2.75) is 39.4 Å². The molecule has 1 N–H and O–H groups in total. The third-order valence-corrected chi connectivity index (χ3v) is 2.54. The zero-order valence-corrected chi connectivity index (χ0v) is 12.6. The number of hydrogen-bond donors (Lipinski definition) is 1. The maximum absolute atomic E-state index is 11.5. The van der Waals surface area contributed by atoms with E-state index in [1.54, 1.807) is 0 Å². The predicted molar refractivity (Wildman–Crippen MR) is 79.4 cm³/mol. The lowest BCUT2D eigenvalue weighted by Gasteiger charge is -2.18. The van der Waals surface area contributed by atoms with E-state index < -0.39 is 0 Å². The van der Waals surface area contributed by atoms with Crippen LogP contribution in [0, 0.1) is 0 Å². The summed E-state index contributed by atoms with van der Waals surface area (Å²) in [6.45, 7) is 7.75. The van der Waals surface area contributed by atoms with Crippen LogP contribution in [0.1, 0.15) is 32.8 Å². The Morgan fingerprint density at radius 2 is 1.90 bits per heavy atom. The highest BCUT2D eigenvalue weighted by atomic mass is 16.5. The van der Waals surface area contributed by atoms with Crippen LogP contribution in [0.5, 0.6) is 0 Å². The molecule has 0 atom stereocenters. The van der Waals surface area contributed by atoms with Gasteiger partial charge in [0.15, 0.2) is 0 Å². The van der Waals surface area contributed by atoms with Crippen molar-refractivity contribution in [2.24, 2.45) is 0 Å². The van der Waals surface area contributed by atoms with Crippen LogP contribution in [0.3, 0.4) is 0 Å². The Balaban J connectivity index is 1.98. The summed E-state index contributed by atoms with van der Waals surface area (Å²) in [6, 6.07) is 10.0. The van der Waals surface area contributed by atoms with Crippen LogP contribution in [-0.4, -0.2) is 31.3 Å². The Hall–Kier alpha value is -1.39. The molecule has 0 radical (unpaired) electrons. The van der Waals surface area contributed by atoms with Gasteiger partial charge in [-0.3, -0.25) is 4.79 Å². The molecular formula is C16H25NO3. The molecule has 1 rings (SSSR count). The second-order valence-corrected chi connectivity index (χ2v) is 5.64. The van der Waals surface area contributed by atoms with E-state index in [0.717, 1.165) is 12.0 Å². The molecule has 1 amide bonds. The maximum atomic E-state index is 11.5. The van der Waals surface area contributed by atoms with Crippen LogP contribution < -0.4 is 5.32 Å². The standard InChI is InChI=1S/C16H25NO3/c1-16(2,3)20-13-15(18)17-10-7-11-19-12-14-8-5-4-6-9-14/h4-6,8-9H,7,10-13H2,1-3H3,(H,17,18). The summed E-state index contributed by atoms with van der Waals surface area (Å²) in [4.78, 5) is 11.5. The van der Waals surface area contributed by atoms with Gasteiger partial charge in [0.25, 0.3) is 0 Å².